The number of guanidine groups is 1. The molecule has 3 rings (SSSR count). The Morgan fingerprint density at radius 3 is 2.76 bits per heavy atom. The summed E-state index contributed by atoms with van der Waals surface area (Å²) < 4.78 is 0. The van der Waals surface area contributed by atoms with Gasteiger partial charge in [0.2, 0.25) is 0 Å². The minimum atomic E-state index is 0.572. The summed E-state index contributed by atoms with van der Waals surface area (Å²) in [7, 11) is 0. The Bertz CT molecular complexity index is 836. The van der Waals surface area contributed by atoms with Crippen LogP contribution in [0.4, 0.5) is 0 Å². The van der Waals surface area contributed by atoms with Crippen molar-refractivity contribution in [3.05, 3.63) is 65.6 Å². The van der Waals surface area contributed by atoms with Gasteiger partial charge >= 0.3 is 0 Å². The van der Waals surface area contributed by atoms with Gasteiger partial charge in [-0.25, -0.2) is 4.99 Å². The van der Waals surface area contributed by atoms with Crippen molar-refractivity contribution in [2.24, 2.45) is 4.99 Å². The Labute approximate surface area is 148 Å². The van der Waals surface area contributed by atoms with Gasteiger partial charge in [0.25, 0.3) is 0 Å². The number of benzene rings is 1. The highest BCUT2D eigenvalue weighted by molar-refractivity contribution is 5.84. The molecule has 3 aromatic rings. The van der Waals surface area contributed by atoms with Gasteiger partial charge in [0.05, 0.1) is 12.2 Å². The highest BCUT2D eigenvalue weighted by Crippen LogP contribution is 2.21. The molecular formula is C20H25N5. The monoisotopic (exact) mass is 335 g/mol. The number of para-hydroxylation sites is 1. The van der Waals surface area contributed by atoms with Gasteiger partial charge in [-0.3, -0.25) is 4.98 Å². The third-order valence-corrected chi connectivity index (χ3v) is 4.16. The summed E-state index contributed by atoms with van der Waals surface area (Å²) in [6.07, 6.45) is 2.74. The average molecular weight is 335 g/mol. The summed E-state index contributed by atoms with van der Waals surface area (Å²) in [5.74, 6) is 0.825. The van der Waals surface area contributed by atoms with Gasteiger partial charge in [-0.05, 0) is 44.0 Å². The number of fused-ring (bicyclic) bond motifs is 1. The van der Waals surface area contributed by atoms with Gasteiger partial charge in [0.1, 0.15) is 0 Å². The molecule has 0 saturated carbocycles. The van der Waals surface area contributed by atoms with Crippen LogP contribution in [0, 0.1) is 6.92 Å². The third kappa shape index (κ3) is 4.38. The van der Waals surface area contributed by atoms with E-state index in [0.29, 0.717) is 6.54 Å². The van der Waals surface area contributed by atoms with E-state index >= 15 is 0 Å². The molecule has 0 unspecified atom stereocenters. The van der Waals surface area contributed by atoms with Gasteiger partial charge in [-0.2, -0.15) is 0 Å². The van der Waals surface area contributed by atoms with E-state index in [9.17, 15) is 0 Å². The number of H-pyrrole nitrogens is 1. The molecule has 0 fully saturated rings. The average Bonchev–Trinajstić information content (AvgIpc) is 2.96. The molecule has 0 aliphatic rings. The van der Waals surface area contributed by atoms with Crippen LogP contribution in [0.3, 0.4) is 0 Å². The van der Waals surface area contributed by atoms with E-state index < -0.39 is 0 Å². The fourth-order valence-corrected chi connectivity index (χ4v) is 2.96. The maximum Gasteiger partial charge on any atom is 0.191 e. The molecule has 0 aliphatic carbocycles. The summed E-state index contributed by atoms with van der Waals surface area (Å²) in [4.78, 5) is 12.4. The second kappa shape index (κ2) is 8.33. The maximum absolute atomic E-state index is 4.61. The zero-order chi connectivity index (χ0) is 17.5. The van der Waals surface area contributed by atoms with Crippen molar-refractivity contribution in [1.82, 2.24) is 20.6 Å². The predicted molar refractivity (Wildman–Crippen MR) is 104 cm³/mol. The Morgan fingerprint density at radius 2 is 1.96 bits per heavy atom. The van der Waals surface area contributed by atoms with Gasteiger partial charge in [0.15, 0.2) is 5.96 Å². The van der Waals surface area contributed by atoms with Crippen molar-refractivity contribution >= 4 is 16.9 Å². The van der Waals surface area contributed by atoms with Gasteiger partial charge in [-0.1, -0.05) is 24.3 Å². The van der Waals surface area contributed by atoms with Crippen LogP contribution in [0.2, 0.25) is 0 Å². The zero-order valence-electron chi connectivity index (χ0n) is 14.8. The van der Waals surface area contributed by atoms with E-state index in [0.717, 1.165) is 31.2 Å². The Hall–Kier alpha value is -2.82. The Balaban J connectivity index is 1.62. The van der Waals surface area contributed by atoms with Crippen molar-refractivity contribution in [2.45, 2.75) is 26.8 Å². The van der Waals surface area contributed by atoms with Crippen molar-refractivity contribution in [1.29, 1.82) is 0 Å². The molecule has 0 aliphatic heterocycles. The van der Waals surface area contributed by atoms with Crippen LogP contribution in [0.25, 0.3) is 10.9 Å². The third-order valence-electron chi connectivity index (χ3n) is 4.16. The molecule has 0 amide bonds. The van der Waals surface area contributed by atoms with E-state index in [2.05, 4.69) is 63.7 Å². The van der Waals surface area contributed by atoms with E-state index in [1.165, 1.54) is 22.2 Å². The molecule has 2 heterocycles. The molecule has 2 aromatic heterocycles. The lowest BCUT2D eigenvalue weighted by Gasteiger charge is -2.11. The minimum absolute atomic E-state index is 0.572. The van der Waals surface area contributed by atoms with Gasteiger partial charge < -0.3 is 15.6 Å². The van der Waals surface area contributed by atoms with Crippen LogP contribution in [0.5, 0.6) is 0 Å². The fourth-order valence-electron chi connectivity index (χ4n) is 2.96. The normalized spacial score (nSPS) is 11.7. The first-order valence-corrected chi connectivity index (χ1v) is 8.76. The van der Waals surface area contributed by atoms with Crippen LogP contribution < -0.4 is 10.6 Å². The van der Waals surface area contributed by atoms with Crippen molar-refractivity contribution < 1.29 is 0 Å². The van der Waals surface area contributed by atoms with Crippen LogP contribution in [0.15, 0.2) is 53.7 Å². The topological polar surface area (TPSA) is 65.1 Å². The molecule has 25 heavy (non-hydrogen) atoms. The SMILES string of the molecule is CCNC(=NCc1ccccn1)NCCc1c(C)[nH]c2ccccc12. The second-order valence-corrected chi connectivity index (χ2v) is 5.97. The lowest BCUT2D eigenvalue weighted by molar-refractivity contribution is 0.796. The Kier molecular flexibility index (Phi) is 5.67. The number of aliphatic imine (C=N–C) groups is 1. The number of nitrogens with zero attached hydrogens (tertiary/aromatic N) is 2. The fraction of sp³-hybridized carbons (Fsp3) is 0.300. The molecule has 1 aromatic carbocycles. The van der Waals surface area contributed by atoms with Crippen molar-refractivity contribution in [3.8, 4) is 0 Å². The number of pyridine rings is 1. The highest BCUT2D eigenvalue weighted by Gasteiger charge is 2.07. The Morgan fingerprint density at radius 1 is 1.12 bits per heavy atom. The van der Waals surface area contributed by atoms with Crippen LogP contribution in [-0.2, 0) is 13.0 Å². The van der Waals surface area contributed by atoms with E-state index in [4.69, 9.17) is 0 Å². The smallest absolute Gasteiger partial charge is 0.191 e. The molecular weight excluding hydrogens is 310 g/mol. The largest absolute Gasteiger partial charge is 0.358 e. The summed E-state index contributed by atoms with van der Waals surface area (Å²) in [6.45, 7) is 6.44. The van der Waals surface area contributed by atoms with E-state index in [1.807, 2.05) is 18.2 Å². The van der Waals surface area contributed by atoms with Crippen molar-refractivity contribution in [2.75, 3.05) is 13.1 Å². The number of hydrogen-bond donors (Lipinski definition) is 3. The molecule has 0 spiro atoms. The number of aryl methyl sites for hydroxylation is 1. The summed E-state index contributed by atoms with van der Waals surface area (Å²) in [5, 5.41) is 8.01. The molecule has 130 valence electrons. The molecule has 0 atom stereocenters. The number of aromatic nitrogens is 2. The molecule has 0 bridgehead atoms. The number of hydrogen-bond acceptors (Lipinski definition) is 2. The lowest BCUT2D eigenvalue weighted by Crippen LogP contribution is -2.38. The van der Waals surface area contributed by atoms with E-state index in [1.54, 1.807) is 6.20 Å². The van der Waals surface area contributed by atoms with Gasteiger partial charge in [-0.15, -0.1) is 0 Å². The summed E-state index contributed by atoms with van der Waals surface area (Å²) in [6, 6.07) is 14.3. The lowest BCUT2D eigenvalue weighted by atomic mass is 10.1. The van der Waals surface area contributed by atoms with Crippen LogP contribution in [-0.4, -0.2) is 29.0 Å². The maximum atomic E-state index is 4.61. The number of aromatic amines is 1. The quantitative estimate of drug-likeness (QED) is 0.479. The second-order valence-electron chi connectivity index (χ2n) is 5.97. The minimum Gasteiger partial charge on any atom is -0.358 e. The first-order chi connectivity index (χ1) is 12.3. The first-order valence-electron chi connectivity index (χ1n) is 8.76. The molecule has 5 heteroatoms. The first kappa shape index (κ1) is 17.0. The summed E-state index contributed by atoms with van der Waals surface area (Å²) >= 11 is 0. The molecule has 0 saturated heterocycles. The molecule has 0 radical (unpaired) electrons. The molecule has 3 N–H and O–H groups in total. The van der Waals surface area contributed by atoms with Crippen molar-refractivity contribution in [3.63, 3.8) is 0 Å². The van der Waals surface area contributed by atoms with Gasteiger partial charge in [0, 0.05) is 35.9 Å². The van der Waals surface area contributed by atoms with Crippen LogP contribution in [0.1, 0.15) is 23.9 Å². The predicted octanol–water partition coefficient (Wildman–Crippen LogP) is 3.17. The summed E-state index contributed by atoms with van der Waals surface area (Å²) in [5.41, 5.74) is 4.76. The molecule has 5 nitrogen and oxygen atoms in total. The zero-order valence-corrected chi connectivity index (χ0v) is 14.8. The number of rotatable bonds is 6. The standard InChI is InChI=1S/C20H25N5/c1-3-21-20(24-14-16-8-6-7-12-22-16)23-13-11-17-15(2)25-19-10-5-4-9-18(17)19/h4-10,12,25H,3,11,13-14H2,1-2H3,(H2,21,23,24). The number of nitrogens with one attached hydrogen (secondary N) is 3. The van der Waals surface area contributed by atoms with E-state index in [-0.39, 0.29) is 0 Å². The van der Waals surface area contributed by atoms with Crippen LogP contribution >= 0.6 is 0 Å². The highest BCUT2D eigenvalue weighted by atomic mass is 15.2.